The van der Waals surface area contributed by atoms with Crippen molar-refractivity contribution in [2.75, 3.05) is 38.0 Å². The summed E-state index contributed by atoms with van der Waals surface area (Å²) in [4.78, 5) is 17.1. The third kappa shape index (κ3) is 3.51. The highest BCUT2D eigenvalue weighted by molar-refractivity contribution is 7.89. The van der Waals surface area contributed by atoms with Crippen LogP contribution >= 0.6 is 0 Å². The monoisotopic (exact) mass is 312 g/mol. The first-order chi connectivity index (χ1) is 9.95. The summed E-state index contributed by atoms with van der Waals surface area (Å²) in [6, 6.07) is 1.59. The van der Waals surface area contributed by atoms with Crippen molar-refractivity contribution in [3.63, 3.8) is 0 Å². The van der Waals surface area contributed by atoms with Gasteiger partial charge in [0, 0.05) is 45.8 Å². The quantitative estimate of drug-likeness (QED) is 0.868. The van der Waals surface area contributed by atoms with E-state index < -0.39 is 10.0 Å². The van der Waals surface area contributed by atoms with Gasteiger partial charge in [0.15, 0.2) is 0 Å². The standard InChI is InChI=1S/C13H20N4O3S/c1-3-15-12-8-13(10-14-9-12)21(19,20)17-6-4-16(5-7-17)11(2)18/h8-10,15H,3-7H2,1-2H3. The van der Waals surface area contributed by atoms with E-state index in [0.717, 1.165) is 0 Å². The molecule has 2 heterocycles. The molecule has 0 atom stereocenters. The lowest BCUT2D eigenvalue weighted by atomic mass is 10.3. The van der Waals surface area contributed by atoms with Gasteiger partial charge in [0.25, 0.3) is 0 Å². The summed E-state index contributed by atoms with van der Waals surface area (Å²) in [5.41, 5.74) is 0.681. The molecule has 0 spiro atoms. The maximum Gasteiger partial charge on any atom is 0.244 e. The predicted molar refractivity (Wildman–Crippen MR) is 79.4 cm³/mol. The molecule has 0 radical (unpaired) electrons. The highest BCUT2D eigenvalue weighted by Gasteiger charge is 2.29. The molecule has 0 aliphatic carbocycles. The van der Waals surface area contributed by atoms with E-state index in [0.29, 0.717) is 38.4 Å². The summed E-state index contributed by atoms with van der Waals surface area (Å²) >= 11 is 0. The number of nitrogens with zero attached hydrogens (tertiary/aromatic N) is 3. The van der Waals surface area contributed by atoms with Gasteiger partial charge < -0.3 is 10.2 Å². The minimum Gasteiger partial charge on any atom is -0.384 e. The minimum absolute atomic E-state index is 0.0251. The van der Waals surface area contributed by atoms with Crippen LogP contribution in [-0.2, 0) is 14.8 Å². The van der Waals surface area contributed by atoms with Gasteiger partial charge in [-0.05, 0) is 13.0 Å². The van der Waals surface area contributed by atoms with Crippen LogP contribution in [0.25, 0.3) is 0 Å². The summed E-state index contributed by atoms with van der Waals surface area (Å²) in [5, 5.41) is 3.05. The number of aromatic nitrogens is 1. The van der Waals surface area contributed by atoms with E-state index >= 15 is 0 Å². The number of nitrogens with one attached hydrogen (secondary N) is 1. The lowest BCUT2D eigenvalue weighted by Crippen LogP contribution is -2.49. The zero-order chi connectivity index (χ0) is 15.5. The average Bonchev–Trinajstić information content (AvgIpc) is 2.48. The van der Waals surface area contributed by atoms with Crippen LogP contribution in [0, 0.1) is 0 Å². The smallest absolute Gasteiger partial charge is 0.244 e. The lowest BCUT2D eigenvalue weighted by molar-refractivity contribution is -0.129. The summed E-state index contributed by atoms with van der Waals surface area (Å²) < 4.78 is 26.6. The van der Waals surface area contributed by atoms with Gasteiger partial charge in [-0.25, -0.2) is 8.42 Å². The van der Waals surface area contributed by atoms with E-state index in [2.05, 4.69) is 10.3 Å². The molecule has 1 amide bonds. The molecule has 1 N–H and O–H groups in total. The van der Waals surface area contributed by atoms with E-state index in [1.807, 2.05) is 6.92 Å². The second-order valence-electron chi connectivity index (χ2n) is 4.85. The molecule has 1 saturated heterocycles. The summed E-state index contributed by atoms with van der Waals surface area (Å²) in [5.74, 6) is -0.0251. The number of hydrogen-bond acceptors (Lipinski definition) is 5. The number of amides is 1. The molecular weight excluding hydrogens is 292 g/mol. The highest BCUT2D eigenvalue weighted by atomic mass is 32.2. The molecular formula is C13H20N4O3S. The molecule has 116 valence electrons. The van der Waals surface area contributed by atoms with E-state index in [1.54, 1.807) is 17.2 Å². The van der Waals surface area contributed by atoms with Gasteiger partial charge in [0.1, 0.15) is 4.90 Å². The molecule has 7 nitrogen and oxygen atoms in total. The number of sulfonamides is 1. The van der Waals surface area contributed by atoms with Crippen molar-refractivity contribution in [3.8, 4) is 0 Å². The fraction of sp³-hybridized carbons (Fsp3) is 0.538. The number of carbonyl (C=O) groups is 1. The zero-order valence-electron chi connectivity index (χ0n) is 12.2. The predicted octanol–water partition coefficient (Wildman–Crippen LogP) is 0.366. The van der Waals surface area contributed by atoms with Crippen molar-refractivity contribution < 1.29 is 13.2 Å². The van der Waals surface area contributed by atoms with Crippen molar-refractivity contribution >= 4 is 21.6 Å². The Balaban J connectivity index is 2.15. The van der Waals surface area contributed by atoms with Crippen molar-refractivity contribution in [1.82, 2.24) is 14.2 Å². The maximum atomic E-state index is 12.6. The van der Waals surface area contributed by atoms with Crippen molar-refractivity contribution in [2.45, 2.75) is 18.7 Å². The van der Waals surface area contributed by atoms with E-state index in [1.165, 1.54) is 17.4 Å². The highest BCUT2D eigenvalue weighted by Crippen LogP contribution is 2.19. The Hall–Kier alpha value is -1.67. The second-order valence-corrected chi connectivity index (χ2v) is 6.79. The number of anilines is 1. The Morgan fingerprint density at radius 1 is 1.29 bits per heavy atom. The van der Waals surface area contributed by atoms with Crippen LogP contribution in [0.15, 0.2) is 23.4 Å². The molecule has 2 rings (SSSR count). The van der Waals surface area contributed by atoms with Gasteiger partial charge >= 0.3 is 0 Å². The molecule has 0 unspecified atom stereocenters. The Bertz CT molecular complexity index is 610. The van der Waals surface area contributed by atoms with Crippen LogP contribution in [0.5, 0.6) is 0 Å². The average molecular weight is 312 g/mol. The fourth-order valence-electron chi connectivity index (χ4n) is 2.25. The molecule has 1 aromatic rings. The van der Waals surface area contributed by atoms with E-state index in [4.69, 9.17) is 0 Å². The molecule has 1 aliphatic heterocycles. The largest absolute Gasteiger partial charge is 0.384 e. The third-order valence-electron chi connectivity index (χ3n) is 3.42. The molecule has 0 bridgehead atoms. The second kappa shape index (κ2) is 6.40. The molecule has 0 saturated carbocycles. The van der Waals surface area contributed by atoms with E-state index in [-0.39, 0.29) is 10.8 Å². The van der Waals surface area contributed by atoms with E-state index in [9.17, 15) is 13.2 Å². The Kier molecular flexibility index (Phi) is 4.79. The Morgan fingerprint density at radius 2 is 1.95 bits per heavy atom. The van der Waals surface area contributed by atoms with Crippen LogP contribution in [0.4, 0.5) is 5.69 Å². The number of piperazine rings is 1. The normalized spacial score (nSPS) is 16.8. The van der Waals surface area contributed by atoms with Crippen molar-refractivity contribution in [3.05, 3.63) is 18.5 Å². The third-order valence-corrected chi connectivity index (χ3v) is 5.28. The number of rotatable bonds is 4. The summed E-state index contributed by atoms with van der Waals surface area (Å²) in [6.07, 6.45) is 2.95. The molecule has 1 aromatic heterocycles. The topological polar surface area (TPSA) is 82.6 Å². The van der Waals surface area contributed by atoms with Gasteiger partial charge in [-0.3, -0.25) is 9.78 Å². The maximum absolute atomic E-state index is 12.6. The minimum atomic E-state index is -3.56. The first kappa shape index (κ1) is 15.7. The van der Waals surface area contributed by atoms with Crippen LogP contribution in [0.2, 0.25) is 0 Å². The summed E-state index contributed by atoms with van der Waals surface area (Å²) in [7, 11) is -3.56. The molecule has 1 aliphatic rings. The number of pyridine rings is 1. The molecule has 8 heteroatoms. The van der Waals surface area contributed by atoms with Gasteiger partial charge in [-0.1, -0.05) is 0 Å². The zero-order valence-corrected chi connectivity index (χ0v) is 13.1. The summed E-state index contributed by atoms with van der Waals surface area (Å²) in [6.45, 7) is 5.60. The van der Waals surface area contributed by atoms with Gasteiger partial charge in [0.05, 0.1) is 11.9 Å². The van der Waals surface area contributed by atoms with Gasteiger partial charge in [0.2, 0.25) is 15.9 Å². The first-order valence-corrected chi connectivity index (χ1v) is 8.33. The molecule has 1 fully saturated rings. The molecule has 21 heavy (non-hydrogen) atoms. The van der Waals surface area contributed by atoms with Crippen LogP contribution in [0.1, 0.15) is 13.8 Å². The lowest BCUT2D eigenvalue weighted by Gasteiger charge is -2.33. The van der Waals surface area contributed by atoms with Crippen molar-refractivity contribution in [1.29, 1.82) is 0 Å². The number of carbonyl (C=O) groups excluding carboxylic acids is 1. The van der Waals surface area contributed by atoms with Crippen LogP contribution < -0.4 is 5.32 Å². The fourth-order valence-corrected chi connectivity index (χ4v) is 3.67. The van der Waals surface area contributed by atoms with Gasteiger partial charge in [-0.2, -0.15) is 4.31 Å². The Morgan fingerprint density at radius 3 is 2.52 bits per heavy atom. The van der Waals surface area contributed by atoms with Crippen molar-refractivity contribution in [2.24, 2.45) is 0 Å². The first-order valence-electron chi connectivity index (χ1n) is 6.89. The molecule has 0 aromatic carbocycles. The Labute approximate surface area is 125 Å². The van der Waals surface area contributed by atoms with Crippen LogP contribution in [0.3, 0.4) is 0 Å². The number of hydrogen-bond donors (Lipinski definition) is 1. The SMILES string of the molecule is CCNc1cncc(S(=O)(=O)N2CCN(C(C)=O)CC2)c1. The van der Waals surface area contributed by atoms with Gasteiger partial charge in [-0.15, -0.1) is 0 Å². The van der Waals surface area contributed by atoms with Crippen LogP contribution in [-0.4, -0.2) is 61.2 Å².